The van der Waals surface area contributed by atoms with Gasteiger partial charge in [-0.1, -0.05) is 70.3 Å². The topological polar surface area (TPSA) is 0 Å². The van der Waals surface area contributed by atoms with Crippen LogP contribution in [0.4, 0.5) is 0 Å². The van der Waals surface area contributed by atoms with Gasteiger partial charge in [0.05, 0.1) is 0 Å². The molecule has 1 heteroatoms. The van der Waals surface area contributed by atoms with E-state index in [-0.39, 0.29) is 33.6 Å². The van der Waals surface area contributed by atoms with Crippen LogP contribution in [0.3, 0.4) is 0 Å². The van der Waals surface area contributed by atoms with Crippen LogP contribution in [0.1, 0.15) is 75.3 Å². The van der Waals surface area contributed by atoms with Crippen molar-refractivity contribution in [2.45, 2.75) is 70.6 Å². The molecule has 1 aromatic rings. The van der Waals surface area contributed by atoms with E-state index in [1.807, 2.05) is 0 Å². The first kappa shape index (κ1) is 20.0. The van der Waals surface area contributed by atoms with Crippen molar-refractivity contribution in [1.82, 2.24) is 0 Å². The Kier molecular flexibility index (Phi) is 12.7. The largest absolute Gasteiger partial charge is 4.00 e. The van der Waals surface area contributed by atoms with Crippen LogP contribution in [0, 0.1) is 13.8 Å². The molecule has 0 spiro atoms. The summed E-state index contributed by atoms with van der Waals surface area (Å²) in [6.45, 7) is 0. The van der Waals surface area contributed by atoms with Crippen molar-refractivity contribution in [3.8, 4) is 0 Å². The van der Waals surface area contributed by atoms with Crippen LogP contribution in [-0.2, 0) is 32.6 Å². The summed E-state index contributed by atoms with van der Waals surface area (Å²) < 4.78 is 0. The fourth-order valence-electron chi connectivity index (χ4n) is 2.78. The van der Waals surface area contributed by atoms with E-state index in [0.29, 0.717) is 0 Å². The minimum atomic E-state index is 0. The molecule has 0 unspecified atom stereocenters. The Morgan fingerprint density at radius 3 is 1.25 bits per heavy atom. The summed E-state index contributed by atoms with van der Waals surface area (Å²) in [5.74, 6) is 0. The Balaban J connectivity index is 0.000000269. The molecule has 0 bridgehead atoms. The molecule has 0 N–H and O–H groups in total. The average molecular weight is 350 g/mol. The number of benzene rings is 1. The van der Waals surface area contributed by atoms with Gasteiger partial charge in [-0.15, -0.1) is 18.6 Å². The van der Waals surface area contributed by atoms with Crippen LogP contribution in [0.5, 0.6) is 0 Å². The smallest absolute Gasteiger partial charge is 0.358 e. The molecule has 0 heterocycles. The van der Waals surface area contributed by atoms with Crippen molar-refractivity contribution in [1.29, 1.82) is 0 Å². The van der Waals surface area contributed by atoms with Gasteiger partial charge in [-0.05, 0) is 0 Å². The molecule has 4 rings (SSSR count). The second-order valence-corrected chi connectivity index (χ2v) is 5.64. The standard InChI is InChI=1S/C8H7.2C5H10.CH3.Zr/c1-2-4-8-6-5-7(8)3-1;2*1-2-4-5-3-1;;/h1-5H,6H2;2*1-5H2;1H3;/q-1;;;-1;+4. The maximum atomic E-state index is 2.25. The molecule has 0 saturated heterocycles. The second kappa shape index (κ2) is 12.7. The van der Waals surface area contributed by atoms with Gasteiger partial charge in [0.2, 0.25) is 0 Å². The Bertz CT molecular complexity index is 276. The summed E-state index contributed by atoms with van der Waals surface area (Å²) in [7, 11) is 0. The second-order valence-electron chi connectivity index (χ2n) is 5.64. The van der Waals surface area contributed by atoms with Gasteiger partial charge in [0, 0.05) is 0 Å². The molecule has 0 aliphatic heterocycles. The number of hydrogen-bond acceptors (Lipinski definition) is 0. The predicted molar refractivity (Wildman–Crippen MR) is 86.1 cm³/mol. The molecular weight excluding hydrogens is 319 g/mol. The molecule has 1 aromatic carbocycles. The molecule has 3 aliphatic rings. The van der Waals surface area contributed by atoms with E-state index >= 15 is 0 Å². The van der Waals surface area contributed by atoms with Crippen LogP contribution in [0.15, 0.2) is 24.3 Å². The molecule has 108 valence electrons. The van der Waals surface area contributed by atoms with Crippen LogP contribution in [0.25, 0.3) is 0 Å². The molecule has 0 aromatic heterocycles. The van der Waals surface area contributed by atoms with Gasteiger partial charge in [-0.2, -0.15) is 23.6 Å². The van der Waals surface area contributed by atoms with Gasteiger partial charge in [0.15, 0.2) is 0 Å². The van der Waals surface area contributed by atoms with Crippen LogP contribution in [0.2, 0.25) is 0 Å². The quantitative estimate of drug-likeness (QED) is 0.493. The summed E-state index contributed by atoms with van der Waals surface area (Å²) in [5.41, 5.74) is 2.92. The summed E-state index contributed by atoms with van der Waals surface area (Å²) in [6, 6.07) is 8.49. The Morgan fingerprint density at radius 2 is 1.05 bits per heavy atom. The van der Waals surface area contributed by atoms with Crippen LogP contribution >= 0.6 is 0 Å². The van der Waals surface area contributed by atoms with Crippen molar-refractivity contribution in [3.05, 3.63) is 49.2 Å². The molecule has 0 atom stereocenters. The van der Waals surface area contributed by atoms with Crippen molar-refractivity contribution < 1.29 is 26.2 Å². The van der Waals surface area contributed by atoms with E-state index in [0.717, 1.165) is 0 Å². The van der Waals surface area contributed by atoms with Crippen molar-refractivity contribution in [2.75, 3.05) is 0 Å². The van der Waals surface area contributed by atoms with E-state index in [1.165, 1.54) is 81.8 Å². The van der Waals surface area contributed by atoms with Gasteiger partial charge >= 0.3 is 26.2 Å². The van der Waals surface area contributed by atoms with Crippen molar-refractivity contribution in [3.63, 3.8) is 0 Å². The number of rotatable bonds is 0. The SMILES string of the molecule is C1CCCC1.C1CCCC1.[CH3-].[Zr+4].c1ccc2c(c1)[CH-]C2. The number of hydrogen-bond donors (Lipinski definition) is 0. The van der Waals surface area contributed by atoms with E-state index in [1.54, 1.807) is 0 Å². The monoisotopic (exact) mass is 348 g/mol. The molecule has 3 aliphatic carbocycles. The third kappa shape index (κ3) is 7.68. The fraction of sp³-hybridized carbons (Fsp3) is 0.579. The molecule has 0 nitrogen and oxygen atoms in total. The van der Waals surface area contributed by atoms with E-state index in [2.05, 4.69) is 30.7 Å². The van der Waals surface area contributed by atoms with Crippen molar-refractivity contribution >= 4 is 0 Å². The molecule has 0 amide bonds. The maximum absolute atomic E-state index is 2.25. The van der Waals surface area contributed by atoms with Gasteiger partial charge < -0.3 is 7.43 Å². The van der Waals surface area contributed by atoms with E-state index in [9.17, 15) is 0 Å². The third-order valence-electron chi connectivity index (χ3n) is 4.10. The molecular formula is C19H30Zr+2. The molecule has 2 fully saturated rings. The maximum Gasteiger partial charge on any atom is 4.00 e. The number of fused-ring (bicyclic) bond motifs is 1. The van der Waals surface area contributed by atoms with Gasteiger partial charge in [0.1, 0.15) is 0 Å². The zero-order valence-electron chi connectivity index (χ0n) is 13.2. The molecule has 0 radical (unpaired) electrons. The molecule has 20 heavy (non-hydrogen) atoms. The average Bonchev–Trinajstić information content (AvgIpc) is 3.10. The zero-order chi connectivity index (χ0) is 12.5. The van der Waals surface area contributed by atoms with Crippen LogP contribution in [-0.4, -0.2) is 0 Å². The summed E-state index contributed by atoms with van der Waals surface area (Å²) in [6.07, 6.45) is 18.4. The Morgan fingerprint density at radius 1 is 0.650 bits per heavy atom. The van der Waals surface area contributed by atoms with Crippen LogP contribution < -0.4 is 0 Å². The summed E-state index contributed by atoms with van der Waals surface area (Å²) in [5, 5.41) is 0. The first-order valence-electron chi connectivity index (χ1n) is 7.88. The van der Waals surface area contributed by atoms with Gasteiger partial charge in [0.25, 0.3) is 0 Å². The first-order valence-corrected chi connectivity index (χ1v) is 7.88. The normalized spacial score (nSPS) is 17.4. The minimum Gasteiger partial charge on any atom is -0.358 e. The summed E-state index contributed by atoms with van der Waals surface area (Å²) >= 11 is 0. The van der Waals surface area contributed by atoms with E-state index in [4.69, 9.17) is 0 Å². The zero-order valence-corrected chi connectivity index (χ0v) is 15.6. The van der Waals surface area contributed by atoms with Gasteiger partial charge in [-0.25, -0.2) is 0 Å². The predicted octanol–water partition coefficient (Wildman–Crippen LogP) is 6.14. The fourth-order valence-corrected chi connectivity index (χ4v) is 2.78. The Labute approximate surface area is 145 Å². The third-order valence-corrected chi connectivity index (χ3v) is 4.10. The van der Waals surface area contributed by atoms with Crippen molar-refractivity contribution in [2.24, 2.45) is 0 Å². The molecule has 2 saturated carbocycles. The Hall–Kier alpha value is -0.0269. The van der Waals surface area contributed by atoms with Gasteiger partial charge in [-0.3, -0.25) is 0 Å². The minimum absolute atomic E-state index is 0. The summed E-state index contributed by atoms with van der Waals surface area (Å²) in [4.78, 5) is 0. The first-order chi connectivity index (χ1) is 8.97. The van der Waals surface area contributed by atoms with E-state index < -0.39 is 0 Å².